The minimum atomic E-state index is 0.682. The molecule has 28 heavy (non-hydrogen) atoms. The van der Waals surface area contributed by atoms with E-state index in [1.54, 1.807) is 17.3 Å². The van der Waals surface area contributed by atoms with Crippen molar-refractivity contribution in [2.24, 2.45) is 0 Å². The molecule has 3 rings (SSSR count). The summed E-state index contributed by atoms with van der Waals surface area (Å²) in [4.78, 5) is 1.13. The monoisotopic (exact) mass is 391 g/mol. The van der Waals surface area contributed by atoms with Crippen LogP contribution in [-0.2, 0) is 12.8 Å². The van der Waals surface area contributed by atoms with Crippen molar-refractivity contribution in [1.82, 2.24) is 0 Å². The predicted molar refractivity (Wildman–Crippen MR) is 127 cm³/mol. The number of fused-ring (bicyclic) bond motifs is 1. The van der Waals surface area contributed by atoms with Crippen molar-refractivity contribution in [3.63, 3.8) is 0 Å². The number of thioether (sulfide) groups is 1. The van der Waals surface area contributed by atoms with E-state index >= 15 is 0 Å². The molecule has 148 valence electrons. The van der Waals surface area contributed by atoms with Crippen molar-refractivity contribution in [3.05, 3.63) is 81.3 Å². The van der Waals surface area contributed by atoms with Crippen LogP contribution in [0.2, 0.25) is 0 Å². The highest BCUT2D eigenvalue weighted by Crippen LogP contribution is 2.35. The molecule has 2 aromatic rings. The number of allylic oxidation sites excluding steroid dienone is 1. The second-order valence-corrected chi connectivity index (χ2v) is 9.34. The summed E-state index contributed by atoms with van der Waals surface area (Å²) in [5, 5.41) is 2.25. The number of nitrogen functional groups attached to an aromatic ring is 1. The molecule has 0 amide bonds. The molecule has 1 aliphatic rings. The molecule has 1 aliphatic carbocycles. The van der Waals surface area contributed by atoms with Gasteiger partial charge in [-0.15, -0.1) is 0 Å². The molecule has 0 radical (unpaired) electrons. The van der Waals surface area contributed by atoms with Crippen molar-refractivity contribution < 1.29 is 0 Å². The first kappa shape index (κ1) is 20.8. The molecule has 0 saturated carbocycles. The summed E-state index contributed by atoms with van der Waals surface area (Å²) in [6, 6.07) is 11.3. The second kappa shape index (κ2) is 9.05. The average molecular weight is 392 g/mol. The lowest BCUT2D eigenvalue weighted by Gasteiger charge is -2.14. The summed E-state index contributed by atoms with van der Waals surface area (Å²) >= 11 is 1.75. The van der Waals surface area contributed by atoms with Gasteiger partial charge in [0.1, 0.15) is 0 Å². The third-order valence-electron chi connectivity index (χ3n) is 5.93. The van der Waals surface area contributed by atoms with Gasteiger partial charge in [-0.3, -0.25) is 0 Å². The Morgan fingerprint density at radius 2 is 1.96 bits per heavy atom. The Morgan fingerprint density at radius 1 is 1.18 bits per heavy atom. The van der Waals surface area contributed by atoms with Gasteiger partial charge in [-0.05, 0) is 97.2 Å². The lowest BCUT2D eigenvalue weighted by Crippen LogP contribution is -1.97. The van der Waals surface area contributed by atoms with Crippen LogP contribution in [0.3, 0.4) is 0 Å². The molecule has 0 saturated heterocycles. The highest BCUT2D eigenvalue weighted by atomic mass is 32.2. The fourth-order valence-corrected chi connectivity index (χ4v) is 4.76. The van der Waals surface area contributed by atoms with Crippen molar-refractivity contribution in [1.29, 1.82) is 0 Å². The first-order valence-corrected chi connectivity index (χ1v) is 11.2. The van der Waals surface area contributed by atoms with E-state index in [4.69, 9.17) is 5.73 Å². The molecule has 2 heteroatoms. The van der Waals surface area contributed by atoms with Crippen LogP contribution in [0.25, 0.3) is 4.91 Å². The summed E-state index contributed by atoms with van der Waals surface area (Å²) in [5.74, 6) is 0.682. The summed E-state index contributed by atoms with van der Waals surface area (Å²) in [5.41, 5.74) is 16.4. The zero-order valence-electron chi connectivity index (χ0n) is 17.8. The van der Waals surface area contributed by atoms with Gasteiger partial charge in [0.2, 0.25) is 0 Å². The van der Waals surface area contributed by atoms with Gasteiger partial charge in [-0.25, -0.2) is 0 Å². The molecule has 1 unspecified atom stereocenters. The van der Waals surface area contributed by atoms with Gasteiger partial charge >= 0.3 is 0 Å². The van der Waals surface area contributed by atoms with Gasteiger partial charge in [-0.1, -0.05) is 61.5 Å². The van der Waals surface area contributed by atoms with Gasteiger partial charge in [0.05, 0.1) is 0 Å². The van der Waals surface area contributed by atoms with Gasteiger partial charge in [0, 0.05) is 10.6 Å². The van der Waals surface area contributed by atoms with Crippen LogP contribution in [0.5, 0.6) is 0 Å². The van der Waals surface area contributed by atoms with E-state index in [-0.39, 0.29) is 0 Å². The van der Waals surface area contributed by atoms with Crippen LogP contribution < -0.4 is 5.73 Å². The van der Waals surface area contributed by atoms with Gasteiger partial charge in [-0.2, -0.15) is 0 Å². The van der Waals surface area contributed by atoms with E-state index in [1.807, 2.05) is 0 Å². The lowest BCUT2D eigenvalue weighted by molar-refractivity contribution is 0.635. The molecule has 2 aromatic carbocycles. The van der Waals surface area contributed by atoms with E-state index in [9.17, 15) is 0 Å². The SMILES string of the molecule is C=C(S/C=C(\C)Cc1cc(C)c(N)cc1C)c1ccc2c(c1)CCCCC2C. The Morgan fingerprint density at radius 3 is 2.75 bits per heavy atom. The number of aryl methyl sites for hydroxylation is 3. The van der Waals surface area contributed by atoms with Crippen molar-refractivity contribution in [2.75, 3.05) is 5.73 Å². The number of hydrogen-bond acceptors (Lipinski definition) is 2. The summed E-state index contributed by atoms with van der Waals surface area (Å²) < 4.78 is 0. The van der Waals surface area contributed by atoms with Crippen molar-refractivity contribution >= 4 is 22.4 Å². The van der Waals surface area contributed by atoms with Crippen LogP contribution in [0.15, 0.2) is 47.9 Å². The standard InChI is InChI=1S/C26H33NS/c1-17(12-24-13-20(4)26(27)14-19(24)3)16-28-21(5)22-10-11-25-18(2)8-6-7-9-23(25)15-22/h10-11,13-16,18H,5-9,12,27H2,1-4H3/b17-16+. The maximum atomic E-state index is 6.02. The predicted octanol–water partition coefficient (Wildman–Crippen LogP) is 7.57. The fourth-order valence-electron chi connectivity index (χ4n) is 4.07. The van der Waals surface area contributed by atoms with Crippen LogP contribution in [0, 0.1) is 13.8 Å². The first-order valence-electron chi connectivity index (χ1n) is 10.3. The average Bonchev–Trinajstić information content (AvgIpc) is 2.85. The van der Waals surface area contributed by atoms with Gasteiger partial charge in [0.15, 0.2) is 0 Å². The Kier molecular flexibility index (Phi) is 6.72. The maximum absolute atomic E-state index is 6.02. The van der Waals surface area contributed by atoms with E-state index in [1.165, 1.54) is 53.5 Å². The first-order chi connectivity index (χ1) is 13.3. The third kappa shape index (κ3) is 4.91. The minimum Gasteiger partial charge on any atom is -0.399 e. The Hall–Kier alpha value is -1.93. The van der Waals surface area contributed by atoms with E-state index in [0.717, 1.165) is 22.6 Å². The molecule has 1 nitrogen and oxygen atoms in total. The molecular weight excluding hydrogens is 358 g/mol. The molecule has 0 spiro atoms. The number of anilines is 1. The summed E-state index contributed by atoms with van der Waals surface area (Å²) in [6.45, 7) is 13.1. The van der Waals surface area contributed by atoms with Crippen molar-refractivity contribution in [2.45, 2.75) is 65.7 Å². The highest BCUT2D eigenvalue weighted by Gasteiger charge is 2.15. The number of rotatable bonds is 5. The molecule has 0 aliphatic heterocycles. The normalized spacial score (nSPS) is 17.1. The molecular formula is C26H33NS. The topological polar surface area (TPSA) is 26.0 Å². The van der Waals surface area contributed by atoms with Crippen LogP contribution in [0.4, 0.5) is 5.69 Å². The summed E-state index contributed by atoms with van der Waals surface area (Å²) in [6.07, 6.45) is 6.12. The molecule has 0 heterocycles. The number of nitrogens with two attached hydrogens (primary N) is 1. The van der Waals surface area contributed by atoms with Crippen LogP contribution in [-0.4, -0.2) is 0 Å². The van der Waals surface area contributed by atoms with Gasteiger partial charge < -0.3 is 5.73 Å². The summed E-state index contributed by atoms with van der Waals surface area (Å²) in [7, 11) is 0. The Labute approximate surface area is 175 Å². The lowest BCUT2D eigenvalue weighted by atomic mass is 9.93. The molecule has 0 bridgehead atoms. The van der Waals surface area contributed by atoms with Crippen LogP contribution >= 0.6 is 11.8 Å². The molecule has 0 aromatic heterocycles. The van der Waals surface area contributed by atoms with Gasteiger partial charge in [0.25, 0.3) is 0 Å². The third-order valence-corrected chi connectivity index (χ3v) is 6.97. The zero-order chi connectivity index (χ0) is 20.3. The highest BCUT2D eigenvalue weighted by molar-refractivity contribution is 8.10. The Bertz CT molecular complexity index is 907. The molecule has 2 N–H and O–H groups in total. The zero-order valence-corrected chi connectivity index (χ0v) is 18.6. The van der Waals surface area contributed by atoms with E-state index in [2.05, 4.69) is 70.0 Å². The minimum absolute atomic E-state index is 0.682. The fraction of sp³-hybridized carbons (Fsp3) is 0.385. The Balaban J connectivity index is 1.69. The number of benzene rings is 2. The quantitative estimate of drug-likeness (QED) is 0.420. The second-order valence-electron chi connectivity index (χ2n) is 8.38. The van der Waals surface area contributed by atoms with E-state index < -0.39 is 0 Å². The molecule has 1 atom stereocenters. The van der Waals surface area contributed by atoms with Crippen molar-refractivity contribution in [3.8, 4) is 0 Å². The van der Waals surface area contributed by atoms with Crippen LogP contribution in [0.1, 0.15) is 72.4 Å². The maximum Gasteiger partial charge on any atom is 0.0346 e. The smallest absolute Gasteiger partial charge is 0.0346 e. The largest absolute Gasteiger partial charge is 0.399 e. The number of hydrogen-bond donors (Lipinski definition) is 1. The van der Waals surface area contributed by atoms with E-state index in [0.29, 0.717) is 5.92 Å². The molecule has 0 fully saturated rings.